The second kappa shape index (κ2) is 7.25. The number of primary amides is 1. The smallest absolute Gasteiger partial charge is 0.320 e. The third kappa shape index (κ3) is 3.63. The summed E-state index contributed by atoms with van der Waals surface area (Å²) in [6.07, 6.45) is 9.25. The Hall–Kier alpha value is -1.50. The lowest BCUT2D eigenvalue weighted by Crippen LogP contribution is -2.54. The SMILES string of the molecule is NC(=O)N[C@H]1C[C@]2(CCN(C(=O)N3CCC(N4CCCCC4)CC3)C2)C1. The molecule has 4 amide bonds. The Morgan fingerprint density at radius 1 is 0.923 bits per heavy atom. The van der Waals surface area contributed by atoms with Gasteiger partial charge in [0, 0.05) is 38.3 Å². The van der Waals surface area contributed by atoms with Crippen LogP contribution in [0, 0.1) is 5.41 Å². The van der Waals surface area contributed by atoms with Crippen molar-refractivity contribution in [2.24, 2.45) is 11.1 Å². The molecular formula is C19H33N5O2. The molecule has 0 radical (unpaired) electrons. The summed E-state index contributed by atoms with van der Waals surface area (Å²) in [5, 5.41) is 2.79. The fraction of sp³-hybridized carbons (Fsp3) is 0.895. The van der Waals surface area contributed by atoms with E-state index in [2.05, 4.69) is 15.1 Å². The maximum absolute atomic E-state index is 12.9. The second-order valence-electron chi connectivity index (χ2n) is 8.88. The molecule has 3 aliphatic heterocycles. The van der Waals surface area contributed by atoms with Crippen LogP contribution in [-0.2, 0) is 0 Å². The molecule has 26 heavy (non-hydrogen) atoms. The summed E-state index contributed by atoms with van der Waals surface area (Å²) in [6.45, 7) is 5.98. The molecule has 3 saturated heterocycles. The fourth-order valence-electron chi connectivity index (χ4n) is 5.63. The van der Waals surface area contributed by atoms with Crippen LogP contribution in [0.2, 0.25) is 0 Å². The number of nitrogens with zero attached hydrogens (tertiary/aromatic N) is 3. The zero-order chi connectivity index (χ0) is 18.1. The van der Waals surface area contributed by atoms with Gasteiger partial charge in [0.25, 0.3) is 0 Å². The minimum absolute atomic E-state index is 0.197. The largest absolute Gasteiger partial charge is 0.352 e. The van der Waals surface area contributed by atoms with Crippen LogP contribution >= 0.6 is 0 Å². The first-order valence-electron chi connectivity index (χ1n) is 10.4. The highest BCUT2D eigenvalue weighted by atomic mass is 16.2. The number of rotatable bonds is 2. The van der Waals surface area contributed by atoms with Gasteiger partial charge in [-0.15, -0.1) is 0 Å². The topological polar surface area (TPSA) is 81.9 Å². The first kappa shape index (κ1) is 17.9. The van der Waals surface area contributed by atoms with E-state index < -0.39 is 6.03 Å². The van der Waals surface area contributed by atoms with Crippen molar-refractivity contribution in [3.8, 4) is 0 Å². The van der Waals surface area contributed by atoms with E-state index in [9.17, 15) is 9.59 Å². The maximum atomic E-state index is 12.9. The summed E-state index contributed by atoms with van der Waals surface area (Å²) < 4.78 is 0. The molecule has 1 spiro atoms. The number of urea groups is 2. The summed E-state index contributed by atoms with van der Waals surface area (Å²) in [7, 11) is 0. The molecule has 3 N–H and O–H groups in total. The molecule has 0 aromatic heterocycles. The predicted molar refractivity (Wildman–Crippen MR) is 99.8 cm³/mol. The van der Waals surface area contributed by atoms with Crippen LogP contribution in [0.4, 0.5) is 9.59 Å². The van der Waals surface area contributed by atoms with E-state index in [0.717, 1.165) is 58.3 Å². The predicted octanol–water partition coefficient (Wildman–Crippen LogP) is 1.58. The number of hydrogen-bond donors (Lipinski definition) is 2. The van der Waals surface area contributed by atoms with Crippen LogP contribution in [0.5, 0.6) is 0 Å². The van der Waals surface area contributed by atoms with Crippen molar-refractivity contribution in [1.82, 2.24) is 20.0 Å². The Bertz CT molecular complexity index is 534. The van der Waals surface area contributed by atoms with Crippen molar-refractivity contribution in [3.05, 3.63) is 0 Å². The zero-order valence-corrected chi connectivity index (χ0v) is 15.8. The summed E-state index contributed by atoms with van der Waals surface area (Å²) in [5.41, 5.74) is 5.42. The molecule has 0 aromatic carbocycles. The van der Waals surface area contributed by atoms with Crippen LogP contribution < -0.4 is 11.1 Å². The molecule has 0 aromatic rings. The highest BCUT2D eigenvalue weighted by Crippen LogP contribution is 2.48. The number of amides is 4. The zero-order valence-electron chi connectivity index (χ0n) is 15.8. The van der Waals surface area contributed by atoms with E-state index in [1.807, 2.05) is 4.90 Å². The Balaban J connectivity index is 1.23. The van der Waals surface area contributed by atoms with E-state index in [0.29, 0.717) is 6.04 Å². The molecule has 0 bridgehead atoms. The summed E-state index contributed by atoms with van der Waals surface area (Å²) >= 11 is 0. The van der Waals surface area contributed by atoms with Gasteiger partial charge in [0.05, 0.1) is 0 Å². The molecule has 0 unspecified atom stereocenters. The Morgan fingerprint density at radius 2 is 1.62 bits per heavy atom. The normalized spacial score (nSPS) is 33.3. The van der Waals surface area contributed by atoms with Gasteiger partial charge >= 0.3 is 12.1 Å². The van der Waals surface area contributed by atoms with Gasteiger partial charge in [-0.25, -0.2) is 9.59 Å². The standard InChI is InChI=1S/C19H33N5O2/c20-17(25)21-15-12-19(13-15)6-11-24(14-19)18(26)23-9-4-16(5-10-23)22-7-2-1-3-8-22/h15-16H,1-14H2,(H3,20,21,25)/t15-,19+. The van der Waals surface area contributed by atoms with Gasteiger partial charge in [0.2, 0.25) is 0 Å². The first-order valence-corrected chi connectivity index (χ1v) is 10.4. The van der Waals surface area contributed by atoms with Crippen molar-refractivity contribution in [1.29, 1.82) is 0 Å². The Morgan fingerprint density at radius 3 is 2.27 bits per heavy atom. The molecule has 7 heteroatoms. The van der Waals surface area contributed by atoms with Crippen molar-refractivity contribution in [2.45, 2.75) is 63.5 Å². The number of carbonyl (C=O) groups is 2. The minimum Gasteiger partial charge on any atom is -0.352 e. The molecule has 1 saturated carbocycles. The van der Waals surface area contributed by atoms with E-state index in [4.69, 9.17) is 5.73 Å². The van der Waals surface area contributed by atoms with Gasteiger partial charge in [0.15, 0.2) is 0 Å². The van der Waals surface area contributed by atoms with Gasteiger partial charge in [-0.2, -0.15) is 0 Å². The average molecular weight is 364 g/mol. The van der Waals surface area contributed by atoms with E-state index >= 15 is 0 Å². The molecule has 146 valence electrons. The summed E-state index contributed by atoms with van der Waals surface area (Å²) in [4.78, 5) is 30.6. The average Bonchev–Trinajstić information content (AvgIpc) is 3.07. The molecule has 4 aliphatic rings. The molecule has 4 rings (SSSR count). The second-order valence-corrected chi connectivity index (χ2v) is 8.88. The van der Waals surface area contributed by atoms with Crippen molar-refractivity contribution >= 4 is 12.1 Å². The van der Waals surface area contributed by atoms with Crippen LogP contribution in [0.25, 0.3) is 0 Å². The highest BCUT2D eigenvalue weighted by molar-refractivity contribution is 5.75. The quantitative estimate of drug-likeness (QED) is 0.781. The molecule has 0 atom stereocenters. The lowest BCUT2D eigenvalue weighted by molar-refractivity contribution is 0.0786. The van der Waals surface area contributed by atoms with Crippen molar-refractivity contribution < 1.29 is 9.59 Å². The van der Waals surface area contributed by atoms with Crippen LogP contribution in [0.15, 0.2) is 0 Å². The number of likely N-dealkylation sites (tertiary alicyclic amines) is 3. The van der Waals surface area contributed by atoms with Crippen LogP contribution in [0.3, 0.4) is 0 Å². The Kier molecular flexibility index (Phi) is 4.99. The van der Waals surface area contributed by atoms with Crippen molar-refractivity contribution in [2.75, 3.05) is 39.3 Å². The van der Waals surface area contributed by atoms with E-state index in [1.54, 1.807) is 0 Å². The summed E-state index contributed by atoms with van der Waals surface area (Å²) in [6, 6.07) is 0.664. The lowest BCUT2D eigenvalue weighted by atomic mass is 9.65. The number of nitrogens with two attached hydrogens (primary N) is 1. The molecule has 7 nitrogen and oxygen atoms in total. The number of nitrogens with one attached hydrogen (secondary N) is 1. The van der Waals surface area contributed by atoms with Gasteiger partial charge in [-0.05, 0) is 63.5 Å². The van der Waals surface area contributed by atoms with Gasteiger partial charge in [-0.3, -0.25) is 0 Å². The monoisotopic (exact) mass is 363 g/mol. The van der Waals surface area contributed by atoms with Crippen LogP contribution in [-0.4, -0.2) is 78.1 Å². The highest BCUT2D eigenvalue weighted by Gasteiger charge is 2.50. The molecule has 3 heterocycles. The maximum Gasteiger partial charge on any atom is 0.320 e. The minimum atomic E-state index is -0.438. The first-order chi connectivity index (χ1) is 12.5. The van der Waals surface area contributed by atoms with Crippen LogP contribution in [0.1, 0.15) is 51.4 Å². The lowest BCUT2D eigenvalue weighted by Gasteiger charge is -2.45. The third-order valence-electron chi connectivity index (χ3n) is 7.06. The Labute approximate surface area is 156 Å². The van der Waals surface area contributed by atoms with E-state index in [-0.39, 0.29) is 17.5 Å². The van der Waals surface area contributed by atoms with E-state index in [1.165, 1.54) is 32.4 Å². The summed E-state index contributed by atoms with van der Waals surface area (Å²) in [5.74, 6) is 0. The van der Waals surface area contributed by atoms with Gasteiger partial charge in [0.1, 0.15) is 0 Å². The van der Waals surface area contributed by atoms with Crippen molar-refractivity contribution in [3.63, 3.8) is 0 Å². The third-order valence-corrected chi connectivity index (χ3v) is 7.06. The van der Waals surface area contributed by atoms with Gasteiger partial charge < -0.3 is 25.8 Å². The fourth-order valence-corrected chi connectivity index (χ4v) is 5.63. The molecular weight excluding hydrogens is 330 g/mol. The van der Waals surface area contributed by atoms with Gasteiger partial charge in [-0.1, -0.05) is 6.42 Å². The number of hydrogen-bond acceptors (Lipinski definition) is 3. The number of carbonyl (C=O) groups excluding carboxylic acids is 2. The molecule has 1 aliphatic carbocycles. The number of piperidine rings is 2. The molecule has 4 fully saturated rings.